The summed E-state index contributed by atoms with van der Waals surface area (Å²) in [5.41, 5.74) is 0.401. The van der Waals surface area contributed by atoms with E-state index in [0.717, 1.165) is 0 Å². The number of carbonyl (C=O) groups excluding carboxylic acids is 2. The summed E-state index contributed by atoms with van der Waals surface area (Å²) in [4.78, 5) is 35.7. The van der Waals surface area contributed by atoms with Crippen molar-refractivity contribution in [3.8, 4) is 0 Å². The molecule has 0 saturated carbocycles. The first kappa shape index (κ1) is 26.5. The number of carbonyl (C=O) groups is 2. The number of hydrogen-bond acceptors (Lipinski definition) is 7. The number of thioether (sulfide) groups is 1. The van der Waals surface area contributed by atoms with Crippen molar-refractivity contribution in [3.63, 3.8) is 0 Å². The van der Waals surface area contributed by atoms with Gasteiger partial charge in [-0.3, -0.25) is 19.7 Å². The number of benzene rings is 2. The van der Waals surface area contributed by atoms with E-state index in [1.807, 2.05) is 13.8 Å². The standard InChI is InChI=1S/C22H22Cl2N6O4S/c1-12(2)19(26-21(32)13-6-4-7-14(10-13)30(33)34)20-27-28-22(29(20)3)35-11-17(31)25-16-9-5-8-15(23)18(16)24/h4-10,12,19H,11H2,1-3H3,(H,25,31)(H,26,32)/t19-/m0/s1. The largest absolute Gasteiger partial charge is 0.342 e. The van der Waals surface area contributed by atoms with E-state index in [1.165, 1.54) is 36.0 Å². The monoisotopic (exact) mass is 536 g/mol. The topological polar surface area (TPSA) is 132 Å². The van der Waals surface area contributed by atoms with Gasteiger partial charge in [-0.2, -0.15) is 0 Å². The molecule has 13 heteroatoms. The highest BCUT2D eigenvalue weighted by atomic mass is 35.5. The second-order valence-electron chi connectivity index (χ2n) is 7.84. The third-order valence-electron chi connectivity index (χ3n) is 4.98. The Morgan fingerprint density at radius 3 is 2.57 bits per heavy atom. The van der Waals surface area contributed by atoms with Crippen molar-refractivity contribution in [3.05, 3.63) is 74.0 Å². The van der Waals surface area contributed by atoms with Crippen molar-refractivity contribution in [1.29, 1.82) is 0 Å². The normalized spacial score (nSPS) is 11.8. The molecule has 3 aromatic rings. The highest BCUT2D eigenvalue weighted by Crippen LogP contribution is 2.30. The molecule has 0 aliphatic rings. The summed E-state index contributed by atoms with van der Waals surface area (Å²) in [6, 6.07) is 9.92. The van der Waals surface area contributed by atoms with E-state index in [2.05, 4.69) is 20.8 Å². The molecular formula is C22H22Cl2N6O4S. The number of anilines is 1. The number of rotatable bonds is 9. The minimum atomic E-state index is -0.556. The van der Waals surface area contributed by atoms with E-state index in [1.54, 1.807) is 29.8 Å². The zero-order chi connectivity index (χ0) is 25.7. The molecule has 0 fully saturated rings. The Morgan fingerprint density at radius 2 is 1.89 bits per heavy atom. The number of nitro benzene ring substituents is 1. The average Bonchev–Trinajstić information content (AvgIpc) is 3.18. The van der Waals surface area contributed by atoms with Crippen molar-refractivity contribution in [2.75, 3.05) is 11.1 Å². The van der Waals surface area contributed by atoms with Crippen LogP contribution in [0.4, 0.5) is 11.4 Å². The van der Waals surface area contributed by atoms with Crippen LogP contribution < -0.4 is 10.6 Å². The Balaban J connectivity index is 1.69. The van der Waals surface area contributed by atoms with Crippen molar-refractivity contribution in [1.82, 2.24) is 20.1 Å². The molecule has 2 N–H and O–H groups in total. The molecule has 0 bridgehead atoms. The maximum absolute atomic E-state index is 12.8. The Kier molecular flexibility index (Phi) is 8.71. The molecule has 0 spiro atoms. The second-order valence-corrected chi connectivity index (χ2v) is 9.57. The third-order valence-corrected chi connectivity index (χ3v) is 6.82. The Labute approximate surface area is 215 Å². The summed E-state index contributed by atoms with van der Waals surface area (Å²) in [6.45, 7) is 3.81. The lowest BCUT2D eigenvalue weighted by Gasteiger charge is -2.21. The van der Waals surface area contributed by atoms with Gasteiger partial charge in [-0.1, -0.05) is 60.9 Å². The van der Waals surface area contributed by atoms with Crippen molar-refractivity contribution in [2.24, 2.45) is 13.0 Å². The van der Waals surface area contributed by atoms with Crippen LogP contribution in [-0.4, -0.2) is 37.3 Å². The van der Waals surface area contributed by atoms with Crippen molar-refractivity contribution >= 4 is 58.2 Å². The number of amides is 2. The Morgan fingerprint density at radius 1 is 1.17 bits per heavy atom. The number of hydrogen-bond donors (Lipinski definition) is 2. The third kappa shape index (κ3) is 6.50. The minimum absolute atomic E-state index is 0.0429. The van der Waals surface area contributed by atoms with E-state index < -0.39 is 16.9 Å². The lowest BCUT2D eigenvalue weighted by atomic mass is 10.0. The number of halogens is 2. The van der Waals surface area contributed by atoms with Gasteiger partial charge in [-0.15, -0.1) is 10.2 Å². The van der Waals surface area contributed by atoms with Crippen LogP contribution in [0.25, 0.3) is 0 Å². The van der Waals surface area contributed by atoms with Gasteiger partial charge >= 0.3 is 0 Å². The first-order valence-corrected chi connectivity index (χ1v) is 12.1. The molecular weight excluding hydrogens is 515 g/mol. The van der Waals surface area contributed by atoms with Gasteiger partial charge in [0, 0.05) is 24.7 Å². The molecule has 3 rings (SSSR count). The molecule has 0 radical (unpaired) electrons. The van der Waals surface area contributed by atoms with E-state index in [0.29, 0.717) is 21.7 Å². The predicted octanol–water partition coefficient (Wildman–Crippen LogP) is 4.89. The number of nitrogens with one attached hydrogen (secondary N) is 2. The molecule has 2 aromatic carbocycles. The van der Waals surface area contributed by atoms with Crippen LogP contribution >= 0.6 is 35.0 Å². The van der Waals surface area contributed by atoms with Crippen LogP contribution in [0.5, 0.6) is 0 Å². The first-order chi connectivity index (χ1) is 16.6. The SMILES string of the molecule is CC(C)[C@H](NC(=O)c1cccc([N+](=O)[O-])c1)c1nnc(SCC(=O)Nc2cccc(Cl)c2Cl)n1C. The molecule has 1 atom stereocenters. The van der Waals surface area contributed by atoms with E-state index in [-0.39, 0.29) is 33.9 Å². The van der Waals surface area contributed by atoms with Crippen molar-refractivity contribution < 1.29 is 14.5 Å². The fourth-order valence-corrected chi connectivity index (χ4v) is 4.22. The molecule has 2 amide bonds. The highest BCUT2D eigenvalue weighted by Gasteiger charge is 2.26. The van der Waals surface area contributed by atoms with Crippen LogP contribution in [-0.2, 0) is 11.8 Å². The lowest BCUT2D eigenvalue weighted by molar-refractivity contribution is -0.384. The molecule has 35 heavy (non-hydrogen) atoms. The summed E-state index contributed by atoms with van der Waals surface area (Å²) in [5, 5.41) is 26.1. The Bertz CT molecular complexity index is 1270. The van der Waals surface area contributed by atoms with E-state index in [9.17, 15) is 19.7 Å². The summed E-state index contributed by atoms with van der Waals surface area (Å²) >= 11 is 13.3. The minimum Gasteiger partial charge on any atom is -0.342 e. The van der Waals surface area contributed by atoms with Crippen LogP contribution in [0.2, 0.25) is 10.0 Å². The average molecular weight is 537 g/mol. The van der Waals surface area contributed by atoms with Gasteiger partial charge in [0.15, 0.2) is 11.0 Å². The molecule has 184 valence electrons. The maximum Gasteiger partial charge on any atom is 0.270 e. The van der Waals surface area contributed by atoms with Gasteiger partial charge in [-0.25, -0.2) is 0 Å². The van der Waals surface area contributed by atoms with Crippen LogP contribution in [0, 0.1) is 16.0 Å². The summed E-state index contributed by atoms with van der Waals surface area (Å²) in [5.74, 6) is -0.307. The molecule has 0 aliphatic carbocycles. The summed E-state index contributed by atoms with van der Waals surface area (Å²) in [6.07, 6.45) is 0. The van der Waals surface area contributed by atoms with Gasteiger partial charge in [-0.05, 0) is 24.1 Å². The van der Waals surface area contributed by atoms with Crippen LogP contribution in [0.3, 0.4) is 0 Å². The fourth-order valence-electron chi connectivity index (χ4n) is 3.15. The molecule has 10 nitrogen and oxygen atoms in total. The smallest absolute Gasteiger partial charge is 0.270 e. The second kappa shape index (κ2) is 11.5. The summed E-state index contributed by atoms with van der Waals surface area (Å²) < 4.78 is 1.70. The zero-order valence-corrected chi connectivity index (χ0v) is 21.3. The van der Waals surface area contributed by atoms with E-state index >= 15 is 0 Å². The predicted molar refractivity (Wildman–Crippen MR) is 135 cm³/mol. The van der Waals surface area contributed by atoms with Crippen LogP contribution in [0.15, 0.2) is 47.6 Å². The number of nitro groups is 1. The highest BCUT2D eigenvalue weighted by molar-refractivity contribution is 7.99. The quantitative estimate of drug-likeness (QED) is 0.226. The van der Waals surface area contributed by atoms with Gasteiger partial charge in [0.05, 0.1) is 32.5 Å². The number of nitrogens with zero attached hydrogens (tertiary/aromatic N) is 4. The van der Waals surface area contributed by atoms with Crippen LogP contribution in [0.1, 0.15) is 36.1 Å². The van der Waals surface area contributed by atoms with Gasteiger partial charge in [0.25, 0.3) is 11.6 Å². The molecule has 1 heterocycles. The first-order valence-electron chi connectivity index (χ1n) is 10.4. The molecule has 0 aliphatic heterocycles. The summed E-state index contributed by atoms with van der Waals surface area (Å²) in [7, 11) is 1.73. The van der Waals surface area contributed by atoms with Gasteiger partial charge in [0.1, 0.15) is 0 Å². The van der Waals surface area contributed by atoms with Crippen molar-refractivity contribution in [2.45, 2.75) is 25.0 Å². The Hall–Kier alpha value is -3.15. The fraction of sp³-hybridized carbons (Fsp3) is 0.273. The lowest BCUT2D eigenvalue weighted by Crippen LogP contribution is -2.33. The number of aromatic nitrogens is 3. The van der Waals surface area contributed by atoms with E-state index in [4.69, 9.17) is 23.2 Å². The van der Waals surface area contributed by atoms with Gasteiger partial charge in [0.2, 0.25) is 5.91 Å². The molecule has 0 unspecified atom stereocenters. The zero-order valence-electron chi connectivity index (χ0n) is 19.0. The molecule has 1 aromatic heterocycles. The van der Waals surface area contributed by atoms with Gasteiger partial charge < -0.3 is 15.2 Å². The number of non-ortho nitro benzene ring substituents is 1. The maximum atomic E-state index is 12.8. The molecule has 0 saturated heterocycles.